The average molecular weight is 358 g/mol. The standard InChI is InChI=1S/C15H20BrNO2S/c1-2-20(18,19)15-7-5-12(6-8-15)17-13-3-4-14(17)10-11(16)9-13/h5-8,11,13-14H,2-4,9-10H2,1H3. The fourth-order valence-electron chi connectivity index (χ4n) is 3.52. The van der Waals surface area contributed by atoms with Crippen LogP contribution in [0.2, 0.25) is 0 Å². The Morgan fingerprint density at radius 2 is 1.70 bits per heavy atom. The number of benzene rings is 1. The van der Waals surface area contributed by atoms with Crippen molar-refractivity contribution in [3.63, 3.8) is 0 Å². The van der Waals surface area contributed by atoms with Gasteiger partial charge in [0.15, 0.2) is 9.84 Å². The summed E-state index contributed by atoms with van der Waals surface area (Å²) in [5.41, 5.74) is 1.17. The summed E-state index contributed by atoms with van der Waals surface area (Å²) in [6, 6.07) is 8.67. The van der Waals surface area contributed by atoms with Crippen LogP contribution in [0.5, 0.6) is 0 Å². The largest absolute Gasteiger partial charge is 0.365 e. The Bertz CT molecular complexity index is 570. The number of sulfone groups is 1. The van der Waals surface area contributed by atoms with Gasteiger partial charge in [-0.25, -0.2) is 8.42 Å². The van der Waals surface area contributed by atoms with E-state index in [9.17, 15) is 8.42 Å². The van der Waals surface area contributed by atoms with Crippen LogP contribution in [0.15, 0.2) is 29.2 Å². The Morgan fingerprint density at radius 1 is 1.15 bits per heavy atom. The molecule has 0 amide bonds. The fourth-order valence-corrected chi connectivity index (χ4v) is 5.27. The lowest BCUT2D eigenvalue weighted by Crippen LogP contribution is -2.43. The van der Waals surface area contributed by atoms with Crippen LogP contribution in [0.3, 0.4) is 0 Å². The maximum Gasteiger partial charge on any atom is 0.178 e. The van der Waals surface area contributed by atoms with E-state index in [-0.39, 0.29) is 5.75 Å². The van der Waals surface area contributed by atoms with Crippen molar-refractivity contribution in [2.75, 3.05) is 10.7 Å². The minimum atomic E-state index is -3.09. The number of piperidine rings is 1. The molecule has 1 aromatic carbocycles. The van der Waals surface area contributed by atoms with Crippen molar-refractivity contribution < 1.29 is 8.42 Å². The Morgan fingerprint density at radius 3 is 2.20 bits per heavy atom. The molecule has 0 radical (unpaired) electrons. The van der Waals surface area contributed by atoms with Gasteiger partial charge < -0.3 is 4.90 Å². The predicted octanol–water partition coefficient (Wildman–Crippen LogP) is 3.37. The van der Waals surface area contributed by atoms with E-state index in [2.05, 4.69) is 20.8 Å². The number of hydrogen-bond acceptors (Lipinski definition) is 3. The average Bonchev–Trinajstić information content (AvgIpc) is 2.71. The van der Waals surface area contributed by atoms with Crippen LogP contribution in [-0.2, 0) is 9.84 Å². The van der Waals surface area contributed by atoms with Gasteiger partial charge >= 0.3 is 0 Å². The van der Waals surface area contributed by atoms with Crippen LogP contribution in [0.4, 0.5) is 5.69 Å². The molecular weight excluding hydrogens is 338 g/mol. The molecule has 2 bridgehead atoms. The minimum absolute atomic E-state index is 0.159. The quantitative estimate of drug-likeness (QED) is 0.778. The molecule has 0 saturated carbocycles. The summed E-state index contributed by atoms with van der Waals surface area (Å²) >= 11 is 3.75. The number of fused-ring (bicyclic) bond motifs is 2. The molecule has 110 valence electrons. The van der Waals surface area contributed by atoms with Crippen LogP contribution >= 0.6 is 15.9 Å². The highest BCUT2D eigenvalue weighted by molar-refractivity contribution is 9.09. The number of anilines is 1. The molecule has 2 fully saturated rings. The van der Waals surface area contributed by atoms with E-state index in [4.69, 9.17) is 0 Å². The molecule has 0 spiro atoms. The molecule has 0 N–H and O–H groups in total. The van der Waals surface area contributed by atoms with E-state index in [0.717, 1.165) is 0 Å². The van der Waals surface area contributed by atoms with E-state index in [1.54, 1.807) is 19.1 Å². The van der Waals surface area contributed by atoms with E-state index in [1.165, 1.54) is 31.4 Å². The molecule has 1 aromatic rings. The highest BCUT2D eigenvalue weighted by Gasteiger charge is 2.39. The van der Waals surface area contributed by atoms with Crippen molar-refractivity contribution in [1.29, 1.82) is 0 Å². The zero-order valence-electron chi connectivity index (χ0n) is 11.6. The zero-order chi connectivity index (χ0) is 14.3. The second kappa shape index (κ2) is 5.34. The molecule has 2 atom stereocenters. The summed E-state index contributed by atoms with van der Waals surface area (Å²) in [6.07, 6.45) is 4.88. The van der Waals surface area contributed by atoms with E-state index >= 15 is 0 Å². The third kappa shape index (κ3) is 2.50. The number of halogens is 1. The second-order valence-corrected chi connectivity index (χ2v) is 9.33. The maximum atomic E-state index is 11.9. The van der Waals surface area contributed by atoms with E-state index in [1.807, 2.05) is 12.1 Å². The van der Waals surface area contributed by atoms with Crippen molar-refractivity contribution >= 4 is 31.5 Å². The summed E-state index contributed by atoms with van der Waals surface area (Å²) < 4.78 is 23.7. The van der Waals surface area contributed by atoms with Gasteiger partial charge in [0, 0.05) is 22.6 Å². The van der Waals surface area contributed by atoms with Gasteiger partial charge in [-0.3, -0.25) is 0 Å². The third-order valence-corrected chi connectivity index (χ3v) is 7.05. The molecule has 2 saturated heterocycles. The monoisotopic (exact) mass is 357 g/mol. The topological polar surface area (TPSA) is 37.4 Å². The number of rotatable bonds is 3. The molecule has 2 unspecified atom stereocenters. The van der Waals surface area contributed by atoms with Crippen molar-refractivity contribution in [3.05, 3.63) is 24.3 Å². The summed E-state index contributed by atoms with van der Waals surface area (Å²) in [7, 11) is -3.09. The Balaban J connectivity index is 1.86. The van der Waals surface area contributed by atoms with Crippen LogP contribution in [0.25, 0.3) is 0 Å². The van der Waals surface area contributed by atoms with Gasteiger partial charge in [-0.1, -0.05) is 22.9 Å². The lowest BCUT2D eigenvalue weighted by atomic mass is 10.0. The lowest BCUT2D eigenvalue weighted by molar-refractivity contribution is 0.483. The normalized spacial score (nSPS) is 29.7. The van der Waals surface area contributed by atoms with E-state index < -0.39 is 9.84 Å². The molecule has 2 heterocycles. The number of hydrogen-bond donors (Lipinski definition) is 0. The first-order valence-corrected chi connectivity index (χ1v) is 9.83. The summed E-state index contributed by atoms with van der Waals surface area (Å²) in [6.45, 7) is 1.68. The lowest BCUT2D eigenvalue weighted by Gasteiger charge is -2.39. The van der Waals surface area contributed by atoms with E-state index in [0.29, 0.717) is 21.8 Å². The smallest absolute Gasteiger partial charge is 0.178 e. The summed E-state index contributed by atoms with van der Waals surface area (Å²) in [4.78, 5) is 3.57. The first-order valence-electron chi connectivity index (χ1n) is 7.26. The van der Waals surface area contributed by atoms with Gasteiger partial charge in [-0.15, -0.1) is 0 Å². The summed E-state index contributed by atoms with van der Waals surface area (Å²) in [5.74, 6) is 0.159. The Labute approximate surface area is 129 Å². The van der Waals surface area contributed by atoms with Crippen molar-refractivity contribution in [1.82, 2.24) is 0 Å². The molecular formula is C15H20BrNO2S. The van der Waals surface area contributed by atoms with Crippen LogP contribution in [0, 0.1) is 0 Å². The molecule has 2 aliphatic rings. The van der Waals surface area contributed by atoms with Gasteiger partial charge in [0.05, 0.1) is 10.6 Å². The molecule has 0 aromatic heterocycles. The Kier molecular flexibility index (Phi) is 3.84. The molecule has 5 heteroatoms. The molecule has 2 aliphatic heterocycles. The summed E-state index contributed by atoms with van der Waals surface area (Å²) in [5, 5.41) is 0. The highest BCUT2D eigenvalue weighted by Crippen LogP contribution is 2.41. The van der Waals surface area contributed by atoms with Gasteiger partial charge in [-0.05, 0) is 49.9 Å². The van der Waals surface area contributed by atoms with Gasteiger partial charge in [0.2, 0.25) is 0 Å². The van der Waals surface area contributed by atoms with Gasteiger partial charge in [0.1, 0.15) is 0 Å². The maximum absolute atomic E-state index is 11.9. The fraction of sp³-hybridized carbons (Fsp3) is 0.600. The van der Waals surface area contributed by atoms with Gasteiger partial charge in [0.25, 0.3) is 0 Å². The molecule has 3 rings (SSSR count). The first-order chi connectivity index (χ1) is 9.51. The second-order valence-electron chi connectivity index (χ2n) is 5.76. The van der Waals surface area contributed by atoms with Crippen molar-refractivity contribution in [2.45, 2.75) is 54.4 Å². The first kappa shape index (κ1) is 14.4. The molecule has 20 heavy (non-hydrogen) atoms. The molecule has 0 aliphatic carbocycles. The van der Waals surface area contributed by atoms with Crippen LogP contribution < -0.4 is 4.90 Å². The van der Waals surface area contributed by atoms with Gasteiger partial charge in [-0.2, -0.15) is 0 Å². The highest BCUT2D eigenvalue weighted by atomic mass is 79.9. The van der Waals surface area contributed by atoms with Crippen LogP contribution in [0.1, 0.15) is 32.6 Å². The van der Waals surface area contributed by atoms with Crippen LogP contribution in [-0.4, -0.2) is 31.1 Å². The minimum Gasteiger partial charge on any atom is -0.365 e. The predicted molar refractivity (Wildman–Crippen MR) is 85.4 cm³/mol. The zero-order valence-corrected chi connectivity index (χ0v) is 14.0. The third-order valence-electron chi connectivity index (χ3n) is 4.55. The number of alkyl halides is 1. The SMILES string of the molecule is CCS(=O)(=O)c1ccc(N2C3CCC2CC(Br)C3)cc1. The Hall–Kier alpha value is -0.550. The van der Waals surface area contributed by atoms with Crippen molar-refractivity contribution in [3.8, 4) is 0 Å². The van der Waals surface area contributed by atoms with Crippen molar-refractivity contribution in [2.24, 2.45) is 0 Å². The molecule has 3 nitrogen and oxygen atoms in total. The number of nitrogens with zero attached hydrogens (tertiary/aromatic N) is 1.